The Morgan fingerprint density at radius 1 is 1.15 bits per heavy atom. The number of benzene rings is 2. The van der Waals surface area contributed by atoms with Crippen LogP contribution in [0.15, 0.2) is 47.6 Å². The lowest BCUT2D eigenvalue weighted by atomic mass is 10.1. The molecule has 1 atom stereocenters. The lowest BCUT2D eigenvalue weighted by molar-refractivity contribution is -0.113. The van der Waals surface area contributed by atoms with Crippen LogP contribution in [0, 0.1) is 13.8 Å². The van der Waals surface area contributed by atoms with Crippen LogP contribution < -0.4 is 5.32 Å². The molecule has 1 unspecified atom stereocenters. The van der Waals surface area contributed by atoms with E-state index < -0.39 is 0 Å². The van der Waals surface area contributed by atoms with Crippen LogP contribution in [-0.2, 0) is 11.8 Å². The van der Waals surface area contributed by atoms with Crippen LogP contribution in [0.4, 0.5) is 5.69 Å². The maximum absolute atomic E-state index is 13.1. The Hall–Kier alpha value is -2.84. The molecule has 0 aliphatic carbocycles. The summed E-state index contributed by atoms with van der Waals surface area (Å²) in [5.41, 5.74) is 3.54. The van der Waals surface area contributed by atoms with E-state index in [0.29, 0.717) is 22.3 Å². The van der Waals surface area contributed by atoms with Gasteiger partial charge < -0.3 is 14.8 Å². The lowest BCUT2D eigenvalue weighted by Gasteiger charge is -2.24. The van der Waals surface area contributed by atoms with Gasteiger partial charge in [-0.05, 0) is 68.1 Å². The van der Waals surface area contributed by atoms with E-state index in [-0.39, 0.29) is 23.6 Å². The van der Waals surface area contributed by atoms with Gasteiger partial charge in [-0.1, -0.05) is 35.5 Å². The van der Waals surface area contributed by atoms with Gasteiger partial charge in [0.25, 0.3) is 5.91 Å². The SMILES string of the molecule is Cc1ccc(C)c(NC(=O)CSc2nnc(C3CCCN3C(=O)c3ccc(Cl)cc3)n2C)c1. The maximum Gasteiger partial charge on any atom is 0.254 e. The molecule has 2 heterocycles. The Bertz CT molecular complexity index is 1180. The number of aryl methyl sites for hydroxylation is 2. The van der Waals surface area contributed by atoms with Gasteiger partial charge in [0.2, 0.25) is 5.91 Å². The van der Waals surface area contributed by atoms with Crippen molar-refractivity contribution in [1.82, 2.24) is 19.7 Å². The minimum atomic E-state index is -0.149. The number of likely N-dealkylation sites (tertiary alicyclic amines) is 1. The summed E-state index contributed by atoms with van der Waals surface area (Å²) in [5.74, 6) is 0.808. The smallest absolute Gasteiger partial charge is 0.254 e. The molecule has 1 saturated heterocycles. The van der Waals surface area contributed by atoms with Crippen molar-refractivity contribution in [3.63, 3.8) is 0 Å². The molecule has 0 bridgehead atoms. The lowest BCUT2D eigenvalue weighted by Crippen LogP contribution is -2.31. The molecule has 1 aliphatic heterocycles. The summed E-state index contributed by atoms with van der Waals surface area (Å²) >= 11 is 7.29. The fourth-order valence-corrected chi connectivity index (χ4v) is 4.81. The second-order valence-electron chi connectivity index (χ2n) is 8.22. The van der Waals surface area contributed by atoms with Crippen molar-refractivity contribution in [2.45, 2.75) is 37.9 Å². The number of amides is 2. The fourth-order valence-electron chi connectivity index (χ4n) is 3.97. The van der Waals surface area contributed by atoms with Crippen molar-refractivity contribution in [2.24, 2.45) is 7.05 Å². The quantitative estimate of drug-likeness (QED) is 0.510. The molecule has 2 amide bonds. The molecule has 172 valence electrons. The van der Waals surface area contributed by atoms with Gasteiger partial charge in [0, 0.05) is 29.9 Å². The first-order chi connectivity index (χ1) is 15.8. The Balaban J connectivity index is 1.42. The molecule has 0 radical (unpaired) electrons. The first kappa shape index (κ1) is 23.3. The van der Waals surface area contributed by atoms with Crippen molar-refractivity contribution in [3.8, 4) is 0 Å². The van der Waals surface area contributed by atoms with Gasteiger partial charge in [-0.2, -0.15) is 0 Å². The molecule has 33 heavy (non-hydrogen) atoms. The summed E-state index contributed by atoms with van der Waals surface area (Å²) in [5, 5.41) is 12.9. The number of rotatable bonds is 6. The number of carbonyl (C=O) groups is 2. The summed E-state index contributed by atoms with van der Waals surface area (Å²) in [6, 6.07) is 12.8. The summed E-state index contributed by atoms with van der Waals surface area (Å²) < 4.78 is 1.88. The van der Waals surface area contributed by atoms with E-state index in [1.807, 2.05) is 48.6 Å². The summed E-state index contributed by atoms with van der Waals surface area (Å²) in [4.78, 5) is 27.4. The van der Waals surface area contributed by atoms with Crippen molar-refractivity contribution in [2.75, 3.05) is 17.6 Å². The van der Waals surface area contributed by atoms with Gasteiger partial charge in [-0.25, -0.2) is 0 Å². The molecule has 3 aromatic rings. The van der Waals surface area contributed by atoms with Crippen LogP contribution >= 0.6 is 23.4 Å². The molecule has 4 rings (SSSR count). The van der Waals surface area contributed by atoms with Crippen molar-refractivity contribution in [1.29, 1.82) is 0 Å². The molecule has 1 aromatic heterocycles. The third kappa shape index (κ3) is 5.23. The maximum atomic E-state index is 13.1. The molecule has 1 aliphatic rings. The molecule has 0 spiro atoms. The standard InChI is InChI=1S/C24H26ClN5O2S/c1-15-6-7-16(2)19(13-15)26-21(31)14-33-24-28-27-22(29(24)3)20-5-4-12-30(20)23(32)17-8-10-18(25)11-9-17/h6-11,13,20H,4-5,12,14H2,1-3H3,(H,26,31). The number of halogens is 1. The van der Waals surface area contributed by atoms with E-state index in [9.17, 15) is 9.59 Å². The number of carbonyl (C=O) groups excluding carboxylic acids is 2. The zero-order valence-electron chi connectivity index (χ0n) is 18.8. The Morgan fingerprint density at radius 3 is 2.67 bits per heavy atom. The van der Waals surface area contributed by atoms with E-state index in [4.69, 9.17) is 11.6 Å². The van der Waals surface area contributed by atoms with E-state index >= 15 is 0 Å². The van der Waals surface area contributed by atoms with E-state index in [1.165, 1.54) is 11.8 Å². The predicted molar refractivity (Wildman–Crippen MR) is 131 cm³/mol. The zero-order valence-corrected chi connectivity index (χ0v) is 20.4. The number of thioether (sulfide) groups is 1. The number of aromatic nitrogens is 3. The molecule has 0 saturated carbocycles. The highest BCUT2D eigenvalue weighted by Gasteiger charge is 2.34. The summed E-state index contributed by atoms with van der Waals surface area (Å²) in [6.07, 6.45) is 1.72. The van der Waals surface area contributed by atoms with Gasteiger partial charge in [0.15, 0.2) is 11.0 Å². The highest BCUT2D eigenvalue weighted by Crippen LogP contribution is 2.33. The molecule has 7 nitrogen and oxygen atoms in total. The van der Waals surface area contributed by atoms with Gasteiger partial charge in [0.05, 0.1) is 11.8 Å². The first-order valence-corrected chi connectivity index (χ1v) is 12.2. The Morgan fingerprint density at radius 2 is 1.91 bits per heavy atom. The highest BCUT2D eigenvalue weighted by atomic mass is 35.5. The van der Waals surface area contributed by atoms with E-state index in [1.54, 1.807) is 24.3 Å². The highest BCUT2D eigenvalue weighted by molar-refractivity contribution is 7.99. The third-order valence-corrected chi connectivity index (χ3v) is 7.04. The van der Waals surface area contributed by atoms with Crippen molar-refractivity contribution in [3.05, 3.63) is 70.0 Å². The molecule has 1 fully saturated rings. The minimum absolute atomic E-state index is 0.0423. The largest absolute Gasteiger partial charge is 0.328 e. The number of anilines is 1. The minimum Gasteiger partial charge on any atom is -0.328 e. The fraction of sp³-hybridized carbons (Fsp3) is 0.333. The number of hydrogen-bond donors (Lipinski definition) is 1. The van der Waals surface area contributed by atoms with Crippen LogP contribution in [0.5, 0.6) is 0 Å². The van der Waals surface area contributed by atoms with Crippen LogP contribution in [0.3, 0.4) is 0 Å². The molecule has 9 heteroatoms. The van der Waals surface area contributed by atoms with E-state index in [2.05, 4.69) is 15.5 Å². The zero-order chi connectivity index (χ0) is 23.5. The van der Waals surface area contributed by atoms with Crippen LogP contribution in [0.25, 0.3) is 0 Å². The topological polar surface area (TPSA) is 80.1 Å². The van der Waals surface area contributed by atoms with Crippen LogP contribution in [-0.4, -0.2) is 43.8 Å². The monoisotopic (exact) mass is 483 g/mol. The molecule has 1 N–H and O–H groups in total. The predicted octanol–water partition coefficient (Wildman–Crippen LogP) is 4.79. The van der Waals surface area contributed by atoms with E-state index in [0.717, 1.165) is 35.5 Å². The number of nitrogens with one attached hydrogen (secondary N) is 1. The molecule has 2 aromatic carbocycles. The van der Waals surface area contributed by atoms with Gasteiger partial charge in [-0.3, -0.25) is 9.59 Å². The second-order valence-corrected chi connectivity index (χ2v) is 9.60. The Labute approximate surface area is 202 Å². The average Bonchev–Trinajstić information content (AvgIpc) is 3.41. The summed E-state index contributed by atoms with van der Waals surface area (Å²) in [6.45, 7) is 4.63. The second kappa shape index (κ2) is 9.97. The van der Waals surface area contributed by atoms with Gasteiger partial charge in [-0.15, -0.1) is 10.2 Å². The van der Waals surface area contributed by atoms with Gasteiger partial charge >= 0.3 is 0 Å². The third-order valence-electron chi connectivity index (χ3n) is 5.77. The number of nitrogens with zero attached hydrogens (tertiary/aromatic N) is 4. The first-order valence-electron chi connectivity index (χ1n) is 10.8. The van der Waals surface area contributed by atoms with Crippen molar-refractivity contribution < 1.29 is 9.59 Å². The number of hydrogen-bond acceptors (Lipinski definition) is 5. The van der Waals surface area contributed by atoms with Gasteiger partial charge in [0.1, 0.15) is 0 Å². The van der Waals surface area contributed by atoms with Crippen LogP contribution in [0.1, 0.15) is 46.2 Å². The summed E-state index contributed by atoms with van der Waals surface area (Å²) in [7, 11) is 1.88. The molecular formula is C24H26ClN5O2S. The normalized spacial score (nSPS) is 15.6. The van der Waals surface area contributed by atoms with Crippen LogP contribution in [0.2, 0.25) is 5.02 Å². The molecular weight excluding hydrogens is 458 g/mol. The Kier molecular flexibility index (Phi) is 7.05. The van der Waals surface area contributed by atoms with Crippen molar-refractivity contribution >= 4 is 40.9 Å². The average molecular weight is 484 g/mol.